The number of aryl methyl sites for hydroxylation is 2. The molecular weight excluding hydrogens is 273 g/mol. The molecule has 3 nitrogen and oxygen atoms in total. The summed E-state index contributed by atoms with van der Waals surface area (Å²) in [5.41, 5.74) is 3.19. The average Bonchev–Trinajstić information content (AvgIpc) is 2.90. The SMILES string of the molecule is CCNC(Cc1cc(F)ccc1C)c1snnc1CC. The van der Waals surface area contributed by atoms with Crippen LogP contribution in [0.1, 0.15) is 41.6 Å². The molecule has 1 aromatic heterocycles. The molecular formula is C15H20FN3S. The van der Waals surface area contributed by atoms with Gasteiger partial charge < -0.3 is 5.32 Å². The first kappa shape index (κ1) is 15.1. The third-order valence-corrected chi connectivity index (χ3v) is 4.30. The summed E-state index contributed by atoms with van der Waals surface area (Å²) in [4.78, 5) is 1.16. The Bertz CT molecular complexity index is 568. The van der Waals surface area contributed by atoms with Crippen LogP contribution in [0.2, 0.25) is 0 Å². The Hall–Kier alpha value is -1.33. The second-order valence-corrected chi connectivity index (χ2v) is 5.61. The Kier molecular flexibility index (Phi) is 5.20. The van der Waals surface area contributed by atoms with Gasteiger partial charge in [-0.1, -0.05) is 24.4 Å². The first-order chi connectivity index (χ1) is 9.65. The molecule has 0 saturated heterocycles. The van der Waals surface area contributed by atoms with Gasteiger partial charge in [-0.15, -0.1) is 5.10 Å². The minimum Gasteiger partial charge on any atom is -0.309 e. The van der Waals surface area contributed by atoms with Gasteiger partial charge in [0.05, 0.1) is 10.6 Å². The maximum Gasteiger partial charge on any atom is 0.123 e. The zero-order chi connectivity index (χ0) is 14.5. The number of aromatic nitrogens is 2. The van der Waals surface area contributed by atoms with Crippen molar-refractivity contribution in [2.45, 2.75) is 39.7 Å². The molecule has 0 bridgehead atoms. The predicted octanol–water partition coefficient (Wildman–Crippen LogP) is 3.44. The quantitative estimate of drug-likeness (QED) is 0.886. The lowest BCUT2D eigenvalue weighted by Crippen LogP contribution is -2.23. The zero-order valence-electron chi connectivity index (χ0n) is 12.1. The molecule has 0 fully saturated rings. The lowest BCUT2D eigenvalue weighted by atomic mass is 9.99. The van der Waals surface area contributed by atoms with Crippen molar-refractivity contribution in [2.24, 2.45) is 0 Å². The van der Waals surface area contributed by atoms with Gasteiger partial charge in [0.15, 0.2) is 0 Å². The minimum absolute atomic E-state index is 0.149. The molecule has 0 amide bonds. The van der Waals surface area contributed by atoms with E-state index >= 15 is 0 Å². The number of nitrogens with one attached hydrogen (secondary N) is 1. The molecule has 1 aromatic carbocycles. The highest BCUT2D eigenvalue weighted by molar-refractivity contribution is 7.05. The molecule has 0 aliphatic carbocycles. The standard InChI is InChI=1S/C15H20FN3S/c1-4-13-15(20-19-18-13)14(17-5-2)9-11-8-12(16)7-6-10(11)3/h6-8,14,17H,4-5,9H2,1-3H3. The van der Waals surface area contributed by atoms with Crippen LogP contribution in [0.5, 0.6) is 0 Å². The number of likely N-dealkylation sites (N-methyl/N-ethyl adjacent to an activating group) is 1. The van der Waals surface area contributed by atoms with E-state index in [0.29, 0.717) is 0 Å². The molecule has 1 heterocycles. The molecule has 108 valence electrons. The summed E-state index contributed by atoms with van der Waals surface area (Å²) in [6.45, 7) is 7.03. The van der Waals surface area contributed by atoms with Crippen molar-refractivity contribution in [1.29, 1.82) is 0 Å². The van der Waals surface area contributed by atoms with E-state index in [1.807, 2.05) is 13.0 Å². The average molecular weight is 293 g/mol. The number of nitrogens with zero attached hydrogens (tertiary/aromatic N) is 2. The van der Waals surface area contributed by atoms with Gasteiger partial charge in [-0.05, 0) is 61.1 Å². The zero-order valence-corrected chi connectivity index (χ0v) is 12.9. The van der Waals surface area contributed by atoms with Gasteiger partial charge in [-0.25, -0.2) is 4.39 Å². The van der Waals surface area contributed by atoms with Crippen LogP contribution in [-0.2, 0) is 12.8 Å². The van der Waals surface area contributed by atoms with Crippen molar-refractivity contribution in [3.05, 3.63) is 45.7 Å². The number of rotatable bonds is 6. The summed E-state index contributed by atoms with van der Waals surface area (Å²) in [5, 5.41) is 7.64. The summed E-state index contributed by atoms with van der Waals surface area (Å²) < 4.78 is 17.5. The molecule has 0 aliphatic heterocycles. The van der Waals surface area contributed by atoms with E-state index < -0.39 is 0 Å². The van der Waals surface area contributed by atoms with Gasteiger partial charge in [0, 0.05) is 6.04 Å². The van der Waals surface area contributed by atoms with Crippen LogP contribution in [0.25, 0.3) is 0 Å². The molecule has 0 aliphatic rings. The fourth-order valence-electron chi connectivity index (χ4n) is 2.31. The number of halogens is 1. The van der Waals surface area contributed by atoms with Gasteiger partial charge in [0.25, 0.3) is 0 Å². The monoisotopic (exact) mass is 293 g/mol. The molecule has 0 saturated carbocycles. The molecule has 1 N–H and O–H groups in total. The van der Waals surface area contributed by atoms with Crippen LogP contribution in [0.3, 0.4) is 0 Å². The Morgan fingerprint density at radius 1 is 1.35 bits per heavy atom. The summed E-state index contributed by atoms with van der Waals surface area (Å²) >= 11 is 1.43. The van der Waals surface area contributed by atoms with Gasteiger partial charge in [0.2, 0.25) is 0 Å². The van der Waals surface area contributed by atoms with Crippen molar-refractivity contribution >= 4 is 11.5 Å². The second-order valence-electron chi connectivity index (χ2n) is 4.82. The summed E-state index contributed by atoms with van der Waals surface area (Å²) in [5.74, 6) is -0.181. The van der Waals surface area contributed by atoms with Crippen molar-refractivity contribution in [2.75, 3.05) is 6.54 Å². The van der Waals surface area contributed by atoms with Crippen LogP contribution in [0.15, 0.2) is 18.2 Å². The summed E-state index contributed by atoms with van der Waals surface area (Å²) in [6.07, 6.45) is 1.63. The molecule has 2 aromatic rings. The largest absolute Gasteiger partial charge is 0.309 e. The smallest absolute Gasteiger partial charge is 0.123 e. The fraction of sp³-hybridized carbons (Fsp3) is 0.467. The fourth-order valence-corrected chi connectivity index (χ4v) is 3.12. The Labute approximate surface area is 123 Å². The molecule has 20 heavy (non-hydrogen) atoms. The normalized spacial score (nSPS) is 12.6. The third-order valence-electron chi connectivity index (χ3n) is 3.42. The van der Waals surface area contributed by atoms with Crippen LogP contribution in [0.4, 0.5) is 4.39 Å². The highest BCUT2D eigenvalue weighted by Gasteiger charge is 2.19. The maximum atomic E-state index is 13.4. The van der Waals surface area contributed by atoms with Crippen LogP contribution >= 0.6 is 11.5 Å². The highest BCUT2D eigenvalue weighted by Crippen LogP contribution is 2.26. The predicted molar refractivity (Wildman–Crippen MR) is 80.5 cm³/mol. The van der Waals surface area contributed by atoms with E-state index in [2.05, 4.69) is 28.8 Å². The van der Waals surface area contributed by atoms with E-state index in [1.54, 1.807) is 6.07 Å². The van der Waals surface area contributed by atoms with Crippen molar-refractivity contribution < 1.29 is 4.39 Å². The first-order valence-corrected chi connectivity index (χ1v) is 7.72. The van der Waals surface area contributed by atoms with Crippen molar-refractivity contribution in [3.8, 4) is 0 Å². The van der Waals surface area contributed by atoms with E-state index in [9.17, 15) is 4.39 Å². The van der Waals surface area contributed by atoms with Gasteiger partial charge in [-0.2, -0.15) is 0 Å². The van der Waals surface area contributed by atoms with Gasteiger partial charge in [-0.3, -0.25) is 0 Å². The number of hydrogen-bond donors (Lipinski definition) is 1. The Morgan fingerprint density at radius 3 is 2.85 bits per heavy atom. The topological polar surface area (TPSA) is 37.8 Å². The highest BCUT2D eigenvalue weighted by atomic mass is 32.1. The summed E-state index contributed by atoms with van der Waals surface area (Å²) in [7, 11) is 0. The Balaban J connectivity index is 2.27. The minimum atomic E-state index is -0.181. The molecule has 2 rings (SSSR count). The lowest BCUT2D eigenvalue weighted by molar-refractivity contribution is 0.548. The van der Waals surface area contributed by atoms with Gasteiger partial charge in [0.1, 0.15) is 5.82 Å². The molecule has 1 atom stereocenters. The molecule has 5 heteroatoms. The lowest BCUT2D eigenvalue weighted by Gasteiger charge is -2.18. The van der Waals surface area contributed by atoms with E-state index in [4.69, 9.17) is 0 Å². The van der Waals surface area contributed by atoms with Crippen LogP contribution in [-0.4, -0.2) is 16.1 Å². The first-order valence-electron chi connectivity index (χ1n) is 6.95. The number of hydrogen-bond acceptors (Lipinski definition) is 4. The van der Waals surface area contributed by atoms with Crippen molar-refractivity contribution in [3.63, 3.8) is 0 Å². The van der Waals surface area contributed by atoms with Crippen LogP contribution < -0.4 is 5.32 Å². The second kappa shape index (κ2) is 6.90. The van der Waals surface area contributed by atoms with Crippen molar-refractivity contribution in [1.82, 2.24) is 14.9 Å². The van der Waals surface area contributed by atoms with Crippen LogP contribution in [0, 0.1) is 12.7 Å². The number of benzene rings is 1. The van der Waals surface area contributed by atoms with Gasteiger partial charge >= 0.3 is 0 Å². The molecule has 0 radical (unpaired) electrons. The molecule has 1 unspecified atom stereocenters. The van der Waals surface area contributed by atoms with E-state index in [-0.39, 0.29) is 11.9 Å². The maximum absolute atomic E-state index is 13.4. The van der Waals surface area contributed by atoms with E-state index in [1.165, 1.54) is 17.6 Å². The Morgan fingerprint density at radius 2 is 2.15 bits per heavy atom. The van der Waals surface area contributed by atoms with E-state index in [0.717, 1.165) is 41.1 Å². The summed E-state index contributed by atoms with van der Waals surface area (Å²) in [6, 6.07) is 5.11. The molecule has 0 spiro atoms. The third kappa shape index (κ3) is 3.41.